The monoisotopic (exact) mass is 836 g/mol. The molecule has 7 atom stereocenters. The number of carboxylic acids is 2. The summed E-state index contributed by atoms with van der Waals surface area (Å²) in [4.78, 5) is 79.4. The lowest BCUT2D eigenvalue weighted by Crippen LogP contribution is -2.61. The van der Waals surface area contributed by atoms with Crippen molar-refractivity contribution in [2.75, 3.05) is 6.54 Å². The standard InChI is InChI=1S/C45H52N6O10/c1-26(52)39(43(57)51-21-5-8-38(51)42(56)49-37(45(60)61)25-27-6-3-2-4-7-27)50-41(55)36(24-30-13-19-33(53)20-14-30)48-40(54)34(46)22-28-9-15-31(16-10-28)32-17-11-29(12-18-32)23-35(47)44(58)59/h2-4,6-7,9-20,26,34-39,52-53H,5,8,21-25,46-47H2,1H3,(H,48,54)(H,49,56)(H,50,55)(H,58,59)(H,60,61)/t26-,34+,35+,36+,37+,38+,39+/m1/s1. The molecule has 0 bridgehead atoms. The molecule has 1 aliphatic rings. The van der Waals surface area contributed by atoms with Gasteiger partial charge in [-0.2, -0.15) is 0 Å². The van der Waals surface area contributed by atoms with Crippen LogP contribution in [0.3, 0.4) is 0 Å². The van der Waals surface area contributed by atoms with Gasteiger partial charge < -0.3 is 52.7 Å². The van der Waals surface area contributed by atoms with E-state index in [-0.39, 0.29) is 44.4 Å². The largest absolute Gasteiger partial charge is 0.508 e. The fourth-order valence-corrected chi connectivity index (χ4v) is 7.15. The summed E-state index contributed by atoms with van der Waals surface area (Å²) in [5.74, 6) is -5.27. The van der Waals surface area contributed by atoms with Crippen LogP contribution in [0, 0.1) is 0 Å². The second kappa shape index (κ2) is 21.1. The van der Waals surface area contributed by atoms with Crippen LogP contribution in [0.1, 0.15) is 42.0 Å². The average Bonchev–Trinajstić information content (AvgIpc) is 3.74. The lowest BCUT2D eigenvalue weighted by molar-refractivity contribution is -0.146. The van der Waals surface area contributed by atoms with Crippen LogP contribution in [0.4, 0.5) is 0 Å². The van der Waals surface area contributed by atoms with Crippen molar-refractivity contribution in [2.24, 2.45) is 11.5 Å². The molecule has 322 valence electrons. The van der Waals surface area contributed by atoms with Gasteiger partial charge in [0, 0.05) is 19.4 Å². The van der Waals surface area contributed by atoms with E-state index < -0.39 is 77.9 Å². The number of carbonyl (C=O) groups excluding carboxylic acids is 4. The van der Waals surface area contributed by atoms with Gasteiger partial charge in [-0.05, 0) is 78.1 Å². The van der Waals surface area contributed by atoms with E-state index in [1.807, 2.05) is 48.5 Å². The zero-order valence-electron chi connectivity index (χ0n) is 33.6. The SMILES string of the molecule is C[C@@H](O)[C@H](NC(=O)[C@H](Cc1ccc(O)cc1)NC(=O)[C@@H](N)Cc1ccc(-c2ccc(C[C@H](N)C(=O)O)cc2)cc1)C(=O)N1CCC[C@H]1C(=O)N[C@@H](Cc1ccccc1)C(=O)O. The van der Waals surface area contributed by atoms with Crippen LogP contribution in [-0.4, -0.2) is 110 Å². The maximum absolute atomic E-state index is 14.0. The molecule has 1 aliphatic heterocycles. The lowest BCUT2D eigenvalue weighted by atomic mass is 9.98. The molecule has 0 unspecified atom stereocenters. The number of amides is 4. The normalized spacial score (nSPS) is 16.6. The molecule has 0 saturated carbocycles. The van der Waals surface area contributed by atoms with E-state index in [1.54, 1.807) is 42.5 Å². The van der Waals surface area contributed by atoms with Crippen LogP contribution in [0.15, 0.2) is 103 Å². The molecule has 4 aromatic rings. The van der Waals surface area contributed by atoms with Crippen LogP contribution >= 0.6 is 0 Å². The second-order valence-corrected chi connectivity index (χ2v) is 15.3. The van der Waals surface area contributed by atoms with Crippen molar-refractivity contribution in [3.05, 3.63) is 125 Å². The number of nitrogens with two attached hydrogens (primary N) is 2. The number of carbonyl (C=O) groups is 6. The Balaban J connectivity index is 1.25. The maximum atomic E-state index is 14.0. The molecule has 16 nitrogen and oxygen atoms in total. The highest BCUT2D eigenvalue weighted by Gasteiger charge is 2.41. The summed E-state index contributed by atoms with van der Waals surface area (Å²) in [6.07, 6.45) is -0.549. The van der Waals surface area contributed by atoms with E-state index in [0.29, 0.717) is 17.5 Å². The van der Waals surface area contributed by atoms with Gasteiger partial charge in [-0.1, -0.05) is 91.0 Å². The summed E-state index contributed by atoms with van der Waals surface area (Å²) in [5.41, 5.74) is 16.5. The topological polar surface area (TPSA) is 275 Å². The van der Waals surface area contributed by atoms with Crippen molar-refractivity contribution in [1.29, 1.82) is 0 Å². The fraction of sp³-hybridized carbons (Fsp3) is 0.333. The molecule has 0 radical (unpaired) electrons. The number of likely N-dealkylation sites (tertiary alicyclic amines) is 1. The molecule has 1 fully saturated rings. The van der Waals surface area contributed by atoms with Crippen molar-refractivity contribution in [3.63, 3.8) is 0 Å². The molecule has 0 aromatic heterocycles. The Morgan fingerprint density at radius 3 is 1.69 bits per heavy atom. The summed E-state index contributed by atoms with van der Waals surface area (Å²) in [6, 6.07) is 22.2. The van der Waals surface area contributed by atoms with Gasteiger partial charge in [-0.3, -0.25) is 24.0 Å². The molecule has 16 heteroatoms. The van der Waals surface area contributed by atoms with Crippen molar-refractivity contribution < 1.29 is 49.2 Å². The number of nitrogens with one attached hydrogen (secondary N) is 3. The Morgan fingerprint density at radius 1 is 0.639 bits per heavy atom. The molecule has 0 aliphatic carbocycles. The highest BCUT2D eigenvalue weighted by Crippen LogP contribution is 2.23. The third-order valence-electron chi connectivity index (χ3n) is 10.6. The lowest BCUT2D eigenvalue weighted by Gasteiger charge is -2.31. The number of phenolic OH excluding ortho intramolecular Hbond substituents is 1. The quantitative estimate of drug-likeness (QED) is 0.0647. The van der Waals surface area contributed by atoms with Crippen LogP contribution in [0.25, 0.3) is 11.1 Å². The van der Waals surface area contributed by atoms with E-state index in [9.17, 15) is 44.1 Å². The summed E-state index contributed by atoms with van der Waals surface area (Å²) in [7, 11) is 0. The van der Waals surface area contributed by atoms with Crippen LogP contribution in [0.2, 0.25) is 0 Å². The summed E-state index contributed by atoms with van der Waals surface area (Å²) in [5, 5.41) is 47.3. The zero-order valence-corrected chi connectivity index (χ0v) is 33.6. The number of benzene rings is 4. The second-order valence-electron chi connectivity index (χ2n) is 15.3. The summed E-state index contributed by atoms with van der Waals surface area (Å²) in [6.45, 7) is 1.42. The Morgan fingerprint density at radius 2 is 1.15 bits per heavy atom. The predicted molar refractivity (Wildman–Crippen MR) is 225 cm³/mol. The Kier molecular flexibility index (Phi) is 15.7. The molecule has 61 heavy (non-hydrogen) atoms. The molecular weight excluding hydrogens is 785 g/mol. The van der Waals surface area contributed by atoms with E-state index in [0.717, 1.165) is 22.3 Å². The molecule has 11 N–H and O–H groups in total. The maximum Gasteiger partial charge on any atom is 0.326 e. The number of aromatic hydroxyl groups is 1. The summed E-state index contributed by atoms with van der Waals surface area (Å²) < 4.78 is 0. The number of hydrogen-bond acceptors (Lipinski definition) is 10. The number of phenols is 1. The number of aliphatic hydroxyl groups is 1. The minimum absolute atomic E-state index is 0.0157. The van der Waals surface area contributed by atoms with Gasteiger partial charge in [0.2, 0.25) is 23.6 Å². The van der Waals surface area contributed by atoms with E-state index in [4.69, 9.17) is 16.6 Å². The average molecular weight is 837 g/mol. The van der Waals surface area contributed by atoms with Crippen molar-refractivity contribution in [1.82, 2.24) is 20.9 Å². The minimum atomic E-state index is -1.54. The van der Waals surface area contributed by atoms with Crippen molar-refractivity contribution >= 4 is 35.6 Å². The third kappa shape index (κ3) is 12.7. The zero-order chi connectivity index (χ0) is 44.2. The van der Waals surface area contributed by atoms with Gasteiger partial charge in [-0.15, -0.1) is 0 Å². The van der Waals surface area contributed by atoms with Gasteiger partial charge in [0.1, 0.15) is 36.0 Å². The number of rotatable bonds is 19. The number of nitrogens with zero attached hydrogens (tertiary/aromatic N) is 1. The summed E-state index contributed by atoms with van der Waals surface area (Å²) >= 11 is 0. The van der Waals surface area contributed by atoms with E-state index >= 15 is 0 Å². The number of aliphatic hydroxyl groups excluding tert-OH is 1. The van der Waals surface area contributed by atoms with Crippen LogP contribution in [-0.2, 0) is 54.5 Å². The van der Waals surface area contributed by atoms with Gasteiger partial charge in [-0.25, -0.2) is 4.79 Å². The number of carboxylic acid groups (broad SMARTS) is 2. The van der Waals surface area contributed by atoms with Gasteiger partial charge in [0.25, 0.3) is 0 Å². The minimum Gasteiger partial charge on any atom is -0.508 e. The highest BCUT2D eigenvalue weighted by atomic mass is 16.4. The van der Waals surface area contributed by atoms with Crippen LogP contribution < -0.4 is 27.4 Å². The first-order chi connectivity index (χ1) is 29.1. The van der Waals surface area contributed by atoms with Crippen LogP contribution in [0.5, 0.6) is 5.75 Å². The van der Waals surface area contributed by atoms with Gasteiger partial charge in [0.15, 0.2) is 0 Å². The first kappa shape index (κ1) is 45.5. The van der Waals surface area contributed by atoms with E-state index in [1.165, 1.54) is 24.0 Å². The Labute approximate surface area is 352 Å². The first-order valence-corrected chi connectivity index (χ1v) is 20.0. The molecule has 0 spiro atoms. The van der Waals surface area contributed by atoms with Gasteiger partial charge >= 0.3 is 11.9 Å². The molecule has 1 saturated heterocycles. The van der Waals surface area contributed by atoms with E-state index in [2.05, 4.69) is 16.0 Å². The third-order valence-corrected chi connectivity index (χ3v) is 10.6. The first-order valence-electron chi connectivity index (χ1n) is 20.0. The molecule has 4 aromatic carbocycles. The predicted octanol–water partition coefficient (Wildman–Crippen LogP) is 1.28. The van der Waals surface area contributed by atoms with Crippen molar-refractivity contribution in [2.45, 2.75) is 87.8 Å². The molecule has 4 amide bonds. The van der Waals surface area contributed by atoms with Gasteiger partial charge in [0.05, 0.1) is 12.1 Å². The van der Waals surface area contributed by atoms with Crippen molar-refractivity contribution in [3.8, 4) is 16.9 Å². The Hall–Kier alpha value is -6.62. The molecule has 5 rings (SSSR count). The molecular formula is C45H52N6O10. The molecule has 1 heterocycles. The number of aliphatic carboxylic acids is 2. The Bertz CT molecular complexity index is 2150. The highest BCUT2D eigenvalue weighted by molar-refractivity contribution is 5.96. The number of hydrogen-bond donors (Lipinski definition) is 9. The smallest absolute Gasteiger partial charge is 0.326 e. The fourth-order valence-electron chi connectivity index (χ4n) is 7.15.